The summed E-state index contributed by atoms with van der Waals surface area (Å²) in [6.07, 6.45) is 0.988. The molecule has 2 rings (SSSR count). The number of nitrogens with two attached hydrogens (primary N) is 1. The average molecular weight is 266 g/mol. The lowest BCUT2D eigenvalue weighted by atomic mass is 10.0. The molecule has 19 heavy (non-hydrogen) atoms. The Morgan fingerprint density at radius 2 is 2.21 bits per heavy atom. The summed E-state index contributed by atoms with van der Waals surface area (Å²) in [6.45, 7) is 1.79. The van der Waals surface area contributed by atoms with Gasteiger partial charge in [-0.1, -0.05) is 0 Å². The van der Waals surface area contributed by atoms with Crippen molar-refractivity contribution >= 4 is 5.69 Å². The molecule has 1 heterocycles. The molecule has 106 valence electrons. The highest BCUT2D eigenvalue weighted by Gasteiger charge is 2.28. The minimum atomic E-state index is -0.151. The first-order valence-corrected chi connectivity index (χ1v) is 6.53. The Balaban J connectivity index is 2.18. The minimum absolute atomic E-state index is 0.0355. The van der Waals surface area contributed by atoms with Gasteiger partial charge in [-0.15, -0.1) is 0 Å². The third-order valence-corrected chi connectivity index (χ3v) is 3.77. The zero-order chi connectivity index (χ0) is 13.8. The molecule has 0 bridgehead atoms. The van der Waals surface area contributed by atoms with Crippen LogP contribution in [0.3, 0.4) is 0 Å². The first-order chi connectivity index (χ1) is 9.19. The van der Waals surface area contributed by atoms with E-state index in [0.717, 1.165) is 36.7 Å². The first kappa shape index (κ1) is 14.0. The van der Waals surface area contributed by atoms with Gasteiger partial charge in [0.05, 0.1) is 26.5 Å². The van der Waals surface area contributed by atoms with Gasteiger partial charge in [0, 0.05) is 25.2 Å². The highest BCUT2D eigenvalue weighted by atomic mass is 16.5. The first-order valence-electron chi connectivity index (χ1n) is 6.53. The van der Waals surface area contributed by atoms with Crippen LogP contribution in [0.2, 0.25) is 0 Å². The molecule has 3 N–H and O–H groups in total. The molecule has 1 saturated heterocycles. The van der Waals surface area contributed by atoms with Gasteiger partial charge in [-0.2, -0.15) is 0 Å². The number of anilines is 1. The van der Waals surface area contributed by atoms with Crippen molar-refractivity contribution < 1.29 is 14.6 Å². The molecule has 1 aromatic rings. The van der Waals surface area contributed by atoms with Crippen molar-refractivity contribution in [1.29, 1.82) is 0 Å². The molecule has 0 saturated carbocycles. The summed E-state index contributed by atoms with van der Waals surface area (Å²) >= 11 is 0. The highest BCUT2D eigenvalue weighted by molar-refractivity contribution is 5.62. The van der Waals surface area contributed by atoms with E-state index in [-0.39, 0.29) is 12.6 Å². The van der Waals surface area contributed by atoms with E-state index in [1.807, 2.05) is 18.2 Å². The number of nitrogens with zero attached hydrogens (tertiary/aromatic N) is 1. The molecule has 1 aromatic carbocycles. The van der Waals surface area contributed by atoms with Gasteiger partial charge in [0.25, 0.3) is 0 Å². The van der Waals surface area contributed by atoms with Gasteiger partial charge in [0.1, 0.15) is 11.5 Å². The molecule has 1 aliphatic heterocycles. The molecule has 0 aromatic heterocycles. The molecule has 1 aliphatic rings. The Kier molecular flexibility index (Phi) is 4.50. The zero-order valence-corrected chi connectivity index (χ0v) is 11.5. The van der Waals surface area contributed by atoms with Gasteiger partial charge in [0.2, 0.25) is 0 Å². The van der Waals surface area contributed by atoms with Crippen molar-refractivity contribution in [2.45, 2.75) is 12.5 Å². The van der Waals surface area contributed by atoms with Crippen LogP contribution in [-0.4, -0.2) is 45.1 Å². The van der Waals surface area contributed by atoms with Crippen molar-refractivity contribution in [3.8, 4) is 11.5 Å². The number of hydrogen-bond donors (Lipinski definition) is 2. The van der Waals surface area contributed by atoms with E-state index < -0.39 is 0 Å². The molecule has 5 heteroatoms. The maximum atomic E-state index is 9.15. The largest absolute Gasteiger partial charge is 0.497 e. The fourth-order valence-corrected chi connectivity index (χ4v) is 2.55. The molecule has 0 aliphatic carbocycles. The molecular weight excluding hydrogens is 244 g/mol. The van der Waals surface area contributed by atoms with Crippen LogP contribution >= 0.6 is 0 Å². The van der Waals surface area contributed by atoms with E-state index in [0.29, 0.717) is 5.92 Å². The Hall–Kier alpha value is -1.46. The number of rotatable bonds is 5. The smallest absolute Gasteiger partial charge is 0.142 e. The van der Waals surface area contributed by atoms with E-state index in [4.69, 9.17) is 20.3 Å². The van der Waals surface area contributed by atoms with Crippen molar-refractivity contribution in [2.75, 3.05) is 38.8 Å². The Morgan fingerprint density at radius 3 is 2.84 bits per heavy atom. The van der Waals surface area contributed by atoms with Gasteiger partial charge < -0.3 is 25.2 Å². The number of aliphatic hydroxyl groups is 1. The monoisotopic (exact) mass is 266 g/mol. The SMILES string of the molecule is COc1ccc(OC)c(N2CCC(C(N)CO)C2)c1. The summed E-state index contributed by atoms with van der Waals surface area (Å²) < 4.78 is 10.7. The van der Waals surface area contributed by atoms with Gasteiger partial charge in [-0.25, -0.2) is 0 Å². The van der Waals surface area contributed by atoms with Crippen LogP contribution in [0.4, 0.5) is 5.69 Å². The highest BCUT2D eigenvalue weighted by Crippen LogP contribution is 2.35. The lowest BCUT2D eigenvalue weighted by Crippen LogP contribution is -2.35. The third-order valence-electron chi connectivity index (χ3n) is 3.77. The standard InChI is InChI=1S/C14H22N2O3/c1-18-11-3-4-14(19-2)13(7-11)16-6-5-10(8-16)12(15)9-17/h3-4,7,10,12,17H,5-6,8-9,15H2,1-2H3. The Labute approximate surface area is 113 Å². The second-order valence-electron chi connectivity index (χ2n) is 4.88. The van der Waals surface area contributed by atoms with Crippen molar-refractivity contribution in [1.82, 2.24) is 0 Å². The number of hydrogen-bond acceptors (Lipinski definition) is 5. The fraction of sp³-hybridized carbons (Fsp3) is 0.571. The summed E-state index contributed by atoms with van der Waals surface area (Å²) in [7, 11) is 3.32. The van der Waals surface area contributed by atoms with Crippen molar-refractivity contribution in [3.05, 3.63) is 18.2 Å². The van der Waals surface area contributed by atoms with E-state index in [1.165, 1.54) is 0 Å². The predicted octanol–water partition coefficient (Wildman–Crippen LogP) is 0.850. The summed E-state index contributed by atoms with van der Waals surface area (Å²) in [5.74, 6) is 1.96. The number of methoxy groups -OCH3 is 2. The van der Waals surface area contributed by atoms with E-state index in [2.05, 4.69) is 4.90 Å². The predicted molar refractivity (Wildman–Crippen MR) is 74.9 cm³/mol. The molecule has 0 amide bonds. The zero-order valence-electron chi connectivity index (χ0n) is 11.5. The number of aliphatic hydroxyl groups excluding tert-OH is 1. The normalized spacial score (nSPS) is 20.4. The minimum Gasteiger partial charge on any atom is -0.497 e. The summed E-state index contributed by atoms with van der Waals surface area (Å²) in [6, 6.07) is 5.62. The summed E-state index contributed by atoms with van der Waals surface area (Å²) in [5.41, 5.74) is 6.94. The molecule has 2 unspecified atom stereocenters. The lowest BCUT2D eigenvalue weighted by Gasteiger charge is -2.23. The molecule has 2 atom stereocenters. The fourth-order valence-electron chi connectivity index (χ4n) is 2.55. The molecular formula is C14H22N2O3. The molecule has 0 spiro atoms. The van der Waals surface area contributed by atoms with Crippen LogP contribution in [0.1, 0.15) is 6.42 Å². The van der Waals surface area contributed by atoms with E-state index >= 15 is 0 Å². The molecule has 5 nitrogen and oxygen atoms in total. The quantitative estimate of drug-likeness (QED) is 0.827. The van der Waals surface area contributed by atoms with Crippen LogP contribution in [0.15, 0.2) is 18.2 Å². The van der Waals surface area contributed by atoms with Crippen LogP contribution in [0.25, 0.3) is 0 Å². The van der Waals surface area contributed by atoms with Gasteiger partial charge in [-0.3, -0.25) is 0 Å². The topological polar surface area (TPSA) is 68.0 Å². The lowest BCUT2D eigenvalue weighted by molar-refractivity contribution is 0.233. The Morgan fingerprint density at radius 1 is 1.42 bits per heavy atom. The van der Waals surface area contributed by atoms with E-state index in [9.17, 15) is 0 Å². The van der Waals surface area contributed by atoms with Crippen molar-refractivity contribution in [2.24, 2.45) is 11.7 Å². The molecule has 1 fully saturated rings. The van der Waals surface area contributed by atoms with Gasteiger partial charge >= 0.3 is 0 Å². The third kappa shape index (κ3) is 2.93. The van der Waals surface area contributed by atoms with Crippen LogP contribution in [0, 0.1) is 5.92 Å². The van der Waals surface area contributed by atoms with Crippen LogP contribution in [-0.2, 0) is 0 Å². The number of benzene rings is 1. The van der Waals surface area contributed by atoms with Gasteiger partial charge in [-0.05, 0) is 24.5 Å². The second-order valence-corrected chi connectivity index (χ2v) is 4.88. The van der Waals surface area contributed by atoms with Gasteiger partial charge in [0.15, 0.2) is 0 Å². The summed E-state index contributed by atoms with van der Waals surface area (Å²) in [5, 5.41) is 9.15. The van der Waals surface area contributed by atoms with Crippen LogP contribution in [0.5, 0.6) is 11.5 Å². The van der Waals surface area contributed by atoms with E-state index in [1.54, 1.807) is 14.2 Å². The Bertz CT molecular complexity index is 425. The average Bonchev–Trinajstić information content (AvgIpc) is 2.95. The second kappa shape index (κ2) is 6.12. The summed E-state index contributed by atoms with van der Waals surface area (Å²) in [4.78, 5) is 2.24. The van der Waals surface area contributed by atoms with Crippen LogP contribution < -0.4 is 20.1 Å². The number of ether oxygens (including phenoxy) is 2. The molecule has 0 radical (unpaired) electrons. The maximum absolute atomic E-state index is 9.15. The van der Waals surface area contributed by atoms with Crippen molar-refractivity contribution in [3.63, 3.8) is 0 Å². The maximum Gasteiger partial charge on any atom is 0.142 e.